The van der Waals surface area contributed by atoms with E-state index >= 15 is 0 Å². The first-order chi connectivity index (χ1) is 10.9. The second kappa shape index (κ2) is 7.45. The van der Waals surface area contributed by atoms with Crippen LogP contribution in [0.2, 0.25) is 0 Å². The maximum absolute atomic E-state index is 4.63. The summed E-state index contributed by atoms with van der Waals surface area (Å²) in [7, 11) is 0. The van der Waals surface area contributed by atoms with Crippen molar-refractivity contribution in [2.45, 2.75) is 40.5 Å². The number of amidine groups is 1. The van der Waals surface area contributed by atoms with E-state index in [1.807, 2.05) is 19.9 Å². The molecule has 0 bridgehead atoms. The Bertz CT molecular complexity index is 673. The van der Waals surface area contributed by atoms with E-state index in [1.165, 1.54) is 24.0 Å². The van der Waals surface area contributed by atoms with Gasteiger partial charge in [-0.2, -0.15) is 0 Å². The van der Waals surface area contributed by atoms with Gasteiger partial charge in [0, 0.05) is 17.8 Å². The Hall–Kier alpha value is -2.09. The predicted molar refractivity (Wildman–Crippen MR) is 103 cm³/mol. The largest absolute Gasteiger partial charge is 0.347 e. The van der Waals surface area contributed by atoms with Crippen LogP contribution in [0.25, 0.3) is 11.1 Å². The average molecular weight is 308 g/mol. The van der Waals surface area contributed by atoms with Crippen molar-refractivity contribution in [2.75, 3.05) is 6.54 Å². The van der Waals surface area contributed by atoms with Gasteiger partial charge in [-0.3, -0.25) is 4.99 Å². The molecule has 0 aliphatic heterocycles. The minimum absolute atomic E-state index is 0.807. The maximum Gasteiger partial charge on any atom is 0.0973 e. The zero-order valence-electron chi connectivity index (χ0n) is 14.9. The number of rotatable bonds is 6. The molecule has 1 aromatic carbocycles. The summed E-state index contributed by atoms with van der Waals surface area (Å²) in [4.78, 5) is 4.63. The Morgan fingerprint density at radius 1 is 1.26 bits per heavy atom. The zero-order chi connectivity index (χ0) is 17.0. The Labute approximate surface area is 140 Å². The molecular weight excluding hydrogens is 280 g/mol. The highest BCUT2D eigenvalue weighted by atomic mass is 15.0. The normalized spacial score (nSPS) is 15.9. The van der Waals surface area contributed by atoms with E-state index in [1.54, 1.807) is 0 Å². The van der Waals surface area contributed by atoms with Crippen LogP contribution < -0.4 is 5.32 Å². The summed E-state index contributed by atoms with van der Waals surface area (Å²) < 4.78 is 0. The second-order valence-corrected chi connectivity index (χ2v) is 6.57. The lowest BCUT2D eigenvalue weighted by Gasteiger charge is -2.16. The van der Waals surface area contributed by atoms with Gasteiger partial charge in [0.1, 0.15) is 0 Å². The van der Waals surface area contributed by atoms with Gasteiger partial charge < -0.3 is 5.32 Å². The van der Waals surface area contributed by atoms with Crippen molar-refractivity contribution in [3.8, 4) is 0 Å². The van der Waals surface area contributed by atoms with Crippen LogP contribution in [0.3, 0.4) is 0 Å². The third-order valence-electron chi connectivity index (χ3n) is 4.19. The summed E-state index contributed by atoms with van der Waals surface area (Å²) in [6.07, 6.45) is 4.57. The summed E-state index contributed by atoms with van der Waals surface area (Å²) in [6.45, 7) is 17.3. The van der Waals surface area contributed by atoms with E-state index in [-0.39, 0.29) is 0 Å². The van der Waals surface area contributed by atoms with Gasteiger partial charge in [-0.05, 0) is 57.6 Å². The topological polar surface area (TPSA) is 24.4 Å². The number of nitrogens with one attached hydrogen (secondary N) is 1. The van der Waals surface area contributed by atoms with Crippen LogP contribution in [0.15, 0.2) is 48.1 Å². The van der Waals surface area contributed by atoms with Gasteiger partial charge in [-0.1, -0.05) is 48.6 Å². The average Bonchev–Trinajstić information content (AvgIpc) is 3.31. The van der Waals surface area contributed by atoms with Crippen LogP contribution in [0.1, 0.15) is 50.3 Å². The van der Waals surface area contributed by atoms with Crippen molar-refractivity contribution in [1.29, 1.82) is 0 Å². The number of aryl methyl sites for hydroxylation is 1. The van der Waals surface area contributed by atoms with Crippen LogP contribution in [-0.4, -0.2) is 12.4 Å². The first-order valence-corrected chi connectivity index (χ1v) is 8.30. The van der Waals surface area contributed by atoms with Crippen molar-refractivity contribution in [3.63, 3.8) is 0 Å². The zero-order valence-corrected chi connectivity index (χ0v) is 14.9. The van der Waals surface area contributed by atoms with Crippen molar-refractivity contribution in [1.82, 2.24) is 5.32 Å². The molecule has 23 heavy (non-hydrogen) atoms. The van der Waals surface area contributed by atoms with E-state index in [0.717, 1.165) is 40.7 Å². The molecule has 122 valence electrons. The van der Waals surface area contributed by atoms with Crippen LogP contribution in [0.4, 0.5) is 0 Å². The molecule has 2 rings (SSSR count). The highest BCUT2D eigenvalue weighted by Crippen LogP contribution is 2.29. The number of hydrogen-bond acceptors (Lipinski definition) is 1. The molecule has 1 aliphatic carbocycles. The minimum atomic E-state index is 0.807. The van der Waals surface area contributed by atoms with E-state index in [9.17, 15) is 0 Å². The van der Waals surface area contributed by atoms with Gasteiger partial charge in [0.15, 0.2) is 0 Å². The Morgan fingerprint density at radius 2 is 1.96 bits per heavy atom. The SMILES string of the molecule is C=C/C(=C(/C)NC(C)=NCC1CC1)c1ccc(C)cc1C(=C)C. The Kier molecular flexibility index (Phi) is 5.59. The lowest BCUT2D eigenvalue weighted by atomic mass is 9.93. The summed E-state index contributed by atoms with van der Waals surface area (Å²) in [5.74, 6) is 1.78. The molecule has 0 radical (unpaired) electrons. The van der Waals surface area contributed by atoms with Gasteiger partial charge in [0.25, 0.3) is 0 Å². The highest BCUT2D eigenvalue weighted by Gasteiger charge is 2.20. The number of allylic oxidation sites excluding steroid dienone is 4. The van der Waals surface area contributed by atoms with Crippen molar-refractivity contribution < 1.29 is 0 Å². The van der Waals surface area contributed by atoms with Crippen molar-refractivity contribution in [2.24, 2.45) is 10.9 Å². The molecule has 0 saturated heterocycles. The molecule has 1 aromatic rings. The third kappa shape index (κ3) is 4.69. The molecule has 1 saturated carbocycles. The molecule has 1 fully saturated rings. The monoisotopic (exact) mass is 308 g/mol. The standard InChI is InChI=1S/C21H28N2/c1-7-19(16(5)23-17(6)22-13-18-9-10-18)20-11-8-15(4)12-21(20)14(2)3/h7-8,11-12,18H,1-2,9-10,13H2,3-6H3,(H,22,23)/b19-16+. The molecule has 1 aliphatic rings. The number of nitrogens with zero attached hydrogens (tertiary/aromatic N) is 1. The summed E-state index contributed by atoms with van der Waals surface area (Å²) in [6, 6.07) is 6.47. The highest BCUT2D eigenvalue weighted by molar-refractivity contribution is 5.88. The van der Waals surface area contributed by atoms with Gasteiger partial charge >= 0.3 is 0 Å². The van der Waals surface area contributed by atoms with Crippen LogP contribution in [-0.2, 0) is 0 Å². The number of aliphatic imine (C=N–C) groups is 1. The fourth-order valence-electron chi connectivity index (χ4n) is 2.66. The van der Waals surface area contributed by atoms with Crippen LogP contribution in [0, 0.1) is 12.8 Å². The fourth-order valence-corrected chi connectivity index (χ4v) is 2.66. The van der Waals surface area contributed by atoms with E-state index < -0.39 is 0 Å². The lowest BCUT2D eigenvalue weighted by molar-refractivity contribution is 0.840. The molecule has 2 heteroatoms. The maximum atomic E-state index is 4.63. The number of hydrogen-bond donors (Lipinski definition) is 1. The second-order valence-electron chi connectivity index (χ2n) is 6.57. The van der Waals surface area contributed by atoms with Gasteiger partial charge in [0.2, 0.25) is 0 Å². The molecule has 0 heterocycles. The quantitative estimate of drug-likeness (QED) is 0.427. The summed E-state index contributed by atoms with van der Waals surface area (Å²) in [5.41, 5.74) is 6.82. The van der Waals surface area contributed by atoms with Crippen LogP contribution >= 0.6 is 0 Å². The van der Waals surface area contributed by atoms with Gasteiger partial charge in [-0.15, -0.1) is 0 Å². The molecular formula is C21H28N2. The predicted octanol–water partition coefficient (Wildman–Crippen LogP) is 5.36. The lowest BCUT2D eigenvalue weighted by Crippen LogP contribution is -2.20. The first kappa shape index (κ1) is 17.3. The number of benzene rings is 1. The van der Waals surface area contributed by atoms with E-state index in [2.05, 4.69) is 55.5 Å². The van der Waals surface area contributed by atoms with Gasteiger partial charge in [-0.25, -0.2) is 0 Å². The Morgan fingerprint density at radius 3 is 2.52 bits per heavy atom. The molecule has 0 atom stereocenters. The van der Waals surface area contributed by atoms with E-state index in [0.29, 0.717) is 0 Å². The smallest absolute Gasteiger partial charge is 0.0973 e. The van der Waals surface area contributed by atoms with Gasteiger partial charge in [0.05, 0.1) is 5.84 Å². The van der Waals surface area contributed by atoms with E-state index in [4.69, 9.17) is 0 Å². The van der Waals surface area contributed by atoms with Crippen molar-refractivity contribution in [3.05, 3.63) is 59.8 Å². The fraction of sp³-hybridized carbons (Fsp3) is 0.381. The molecule has 1 N–H and O–H groups in total. The molecule has 2 nitrogen and oxygen atoms in total. The molecule has 0 unspecified atom stereocenters. The summed E-state index contributed by atoms with van der Waals surface area (Å²) in [5, 5.41) is 3.42. The molecule has 0 spiro atoms. The minimum Gasteiger partial charge on any atom is -0.347 e. The third-order valence-corrected chi connectivity index (χ3v) is 4.19. The Balaban J connectivity index is 2.31. The van der Waals surface area contributed by atoms with Crippen LogP contribution in [0.5, 0.6) is 0 Å². The first-order valence-electron chi connectivity index (χ1n) is 8.30. The summed E-state index contributed by atoms with van der Waals surface area (Å²) >= 11 is 0. The van der Waals surface area contributed by atoms with Crippen molar-refractivity contribution >= 4 is 17.0 Å². The molecule has 0 aromatic heterocycles. The molecule has 0 amide bonds.